The maximum absolute atomic E-state index is 5.88. The van der Waals surface area contributed by atoms with Gasteiger partial charge in [0, 0.05) is 11.6 Å². The fraction of sp³-hybridized carbons (Fsp3) is 0.538. The van der Waals surface area contributed by atoms with Gasteiger partial charge in [-0.1, -0.05) is 54.9 Å². The first-order chi connectivity index (χ1) is 7.30. The van der Waals surface area contributed by atoms with Crippen molar-refractivity contribution in [1.29, 1.82) is 0 Å². The topological polar surface area (TPSA) is 9.23 Å². The molecule has 0 aliphatic carbocycles. The van der Waals surface area contributed by atoms with Crippen LogP contribution in [0.2, 0.25) is 11.6 Å². The molecule has 0 aliphatic heterocycles. The van der Waals surface area contributed by atoms with Crippen molar-refractivity contribution >= 4 is 24.2 Å². The van der Waals surface area contributed by atoms with Gasteiger partial charge in [0.2, 0.25) is 0 Å². The van der Waals surface area contributed by atoms with Crippen LogP contribution in [0, 0.1) is 0 Å². The molecule has 1 rings (SSSR count). The van der Waals surface area contributed by atoms with Crippen LogP contribution in [0.25, 0.3) is 0 Å². The van der Waals surface area contributed by atoms with E-state index >= 15 is 0 Å². The summed E-state index contributed by atoms with van der Waals surface area (Å²) in [5, 5.41) is 0.247. The first-order valence-electron chi connectivity index (χ1n) is 5.59. The summed E-state index contributed by atoms with van der Waals surface area (Å²) in [4.78, 5) is 0. The molecule has 1 nitrogen and oxygen atoms in total. The van der Waals surface area contributed by atoms with E-state index in [9.17, 15) is 0 Å². The van der Waals surface area contributed by atoms with E-state index < -0.39 is 8.32 Å². The Morgan fingerprint density at radius 1 is 1.25 bits per heavy atom. The monoisotopic (exact) mass is 300 g/mol. The van der Waals surface area contributed by atoms with Crippen molar-refractivity contribution in [3.05, 3.63) is 34.3 Å². The van der Waals surface area contributed by atoms with Gasteiger partial charge < -0.3 is 4.43 Å². The Morgan fingerprint density at radius 3 is 2.25 bits per heavy atom. The van der Waals surface area contributed by atoms with Gasteiger partial charge in [-0.05, 0) is 29.3 Å². The van der Waals surface area contributed by atoms with Crippen molar-refractivity contribution in [2.24, 2.45) is 0 Å². The molecule has 0 N–H and O–H groups in total. The summed E-state index contributed by atoms with van der Waals surface area (Å²) in [6, 6.07) is 9.47. The molecule has 0 amide bonds. The van der Waals surface area contributed by atoms with E-state index in [2.05, 4.69) is 67.5 Å². The maximum atomic E-state index is 5.88. The fourth-order valence-corrected chi connectivity index (χ4v) is 4.65. The zero-order valence-electron chi connectivity index (χ0n) is 10.8. The largest absolute Gasteiger partial charge is 0.419 e. The van der Waals surface area contributed by atoms with Crippen molar-refractivity contribution in [2.75, 3.05) is 7.11 Å². The number of rotatable bonds is 3. The highest BCUT2D eigenvalue weighted by Gasteiger charge is 2.41. The normalized spacial score (nSPS) is 15.9. The van der Waals surface area contributed by atoms with E-state index in [0.717, 1.165) is 6.04 Å². The standard InChI is InChI=1S/C13H21BrOSi/c1-13(2,3)16(5,15-4)10-11-8-6-7-9-12(11)14/h6-9H,10H2,1-5H3. The van der Waals surface area contributed by atoms with Crippen molar-refractivity contribution in [1.82, 2.24) is 0 Å². The van der Waals surface area contributed by atoms with Gasteiger partial charge in [0.05, 0.1) is 0 Å². The highest BCUT2D eigenvalue weighted by Crippen LogP contribution is 2.39. The molecule has 0 fully saturated rings. The Kier molecular flexibility index (Phi) is 4.38. The zero-order chi connectivity index (χ0) is 12.4. The lowest BCUT2D eigenvalue weighted by molar-refractivity contribution is 0.365. The van der Waals surface area contributed by atoms with Crippen molar-refractivity contribution in [3.63, 3.8) is 0 Å². The predicted molar refractivity (Wildman–Crippen MR) is 76.2 cm³/mol. The van der Waals surface area contributed by atoms with Crippen molar-refractivity contribution < 1.29 is 4.43 Å². The van der Waals surface area contributed by atoms with Crippen LogP contribution < -0.4 is 0 Å². The van der Waals surface area contributed by atoms with Crippen molar-refractivity contribution in [2.45, 2.75) is 38.4 Å². The molecule has 0 heterocycles. The van der Waals surface area contributed by atoms with Gasteiger partial charge >= 0.3 is 0 Å². The molecule has 0 bridgehead atoms. The van der Waals surface area contributed by atoms with Crippen LogP contribution in [0.3, 0.4) is 0 Å². The molecule has 1 unspecified atom stereocenters. The molecule has 0 radical (unpaired) electrons. The minimum atomic E-state index is -1.73. The first kappa shape index (κ1) is 13.9. The molecule has 90 valence electrons. The second-order valence-electron chi connectivity index (χ2n) is 5.45. The van der Waals surface area contributed by atoms with E-state index in [4.69, 9.17) is 4.43 Å². The van der Waals surface area contributed by atoms with Crippen LogP contribution in [-0.4, -0.2) is 15.4 Å². The van der Waals surface area contributed by atoms with Gasteiger partial charge in [0.1, 0.15) is 0 Å². The Bertz CT molecular complexity index is 359. The zero-order valence-corrected chi connectivity index (χ0v) is 13.4. The molecule has 0 spiro atoms. The first-order valence-corrected chi connectivity index (χ1v) is 8.99. The van der Waals surface area contributed by atoms with Crippen LogP contribution in [-0.2, 0) is 10.5 Å². The highest BCUT2D eigenvalue weighted by molar-refractivity contribution is 9.10. The summed E-state index contributed by atoms with van der Waals surface area (Å²) < 4.78 is 7.07. The van der Waals surface area contributed by atoms with E-state index in [1.807, 2.05) is 7.11 Å². The van der Waals surface area contributed by atoms with E-state index in [0.29, 0.717) is 0 Å². The molecule has 0 saturated carbocycles. The smallest absolute Gasteiger partial charge is 0.198 e. The average molecular weight is 301 g/mol. The number of hydrogen-bond donors (Lipinski definition) is 0. The van der Waals surface area contributed by atoms with Crippen LogP contribution in [0.5, 0.6) is 0 Å². The van der Waals surface area contributed by atoms with Gasteiger partial charge in [-0.25, -0.2) is 0 Å². The van der Waals surface area contributed by atoms with Gasteiger partial charge in [-0.15, -0.1) is 0 Å². The van der Waals surface area contributed by atoms with Crippen molar-refractivity contribution in [3.8, 4) is 0 Å². The number of hydrogen-bond acceptors (Lipinski definition) is 1. The molecule has 3 heteroatoms. The molecule has 0 aliphatic rings. The van der Waals surface area contributed by atoms with E-state index in [-0.39, 0.29) is 5.04 Å². The predicted octanol–water partition coefficient (Wildman–Crippen LogP) is 4.55. The van der Waals surface area contributed by atoms with Crippen LogP contribution in [0.15, 0.2) is 28.7 Å². The summed E-state index contributed by atoms with van der Waals surface area (Å²) in [6.45, 7) is 9.14. The van der Waals surface area contributed by atoms with E-state index in [1.165, 1.54) is 10.0 Å². The van der Waals surface area contributed by atoms with Crippen LogP contribution >= 0.6 is 15.9 Å². The molecular weight excluding hydrogens is 280 g/mol. The number of benzene rings is 1. The molecule has 0 aromatic heterocycles. The summed E-state index contributed by atoms with van der Waals surface area (Å²) >= 11 is 3.61. The third-order valence-electron chi connectivity index (χ3n) is 3.52. The Labute approximate surface area is 108 Å². The minimum Gasteiger partial charge on any atom is -0.419 e. The van der Waals surface area contributed by atoms with E-state index in [1.54, 1.807) is 0 Å². The second kappa shape index (κ2) is 5.03. The third kappa shape index (κ3) is 2.96. The van der Waals surface area contributed by atoms with Crippen LogP contribution in [0.4, 0.5) is 0 Å². The molecule has 16 heavy (non-hydrogen) atoms. The Morgan fingerprint density at radius 2 is 1.81 bits per heavy atom. The molecule has 0 saturated heterocycles. The SMILES string of the molecule is CO[Si](C)(Cc1ccccc1Br)C(C)(C)C. The maximum Gasteiger partial charge on any atom is 0.198 e. The fourth-order valence-electron chi connectivity index (χ4n) is 1.65. The molecule has 1 atom stereocenters. The Balaban J connectivity index is 2.99. The van der Waals surface area contributed by atoms with Gasteiger partial charge in [-0.2, -0.15) is 0 Å². The highest BCUT2D eigenvalue weighted by atomic mass is 79.9. The molecule has 1 aromatic carbocycles. The lowest BCUT2D eigenvalue weighted by Gasteiger charge is -2.38. The van der Waals surface area contributed by atoms with Gasteiger partial charge in [0.15, 0.2) is 8.32 Å². The molecule has 1 aromatic rings. The average Bonchev–Trinajstić information content (AvgIpc) is 2.19. The molecular formula is C13H21BrOSi. The second-order valence-corrected chi connectivity index (χ2v) is 11.0. The number of halogens is 1. The minimum absolute atomic E-state index is 0.247. The third-order valence-corrected chi connectivity index (χ3v) is 9.43. The quantitative estimate of drug-likeness (QED) is 0.744. The summed E-state index contributed by atoms with van der Waals surface area (Å²) in [7, 11) is 0.128. The van der Waals surface area contributed by atoms with Gasteiger partial charge in [0.25, 0.3) is 0 Å². The van der Waals surface area contributed by atoms with Gasteiger partial charge in [-0.3, -0.25) is 0 Å². The lowest BCUT2D eigenvalue weighted by Crippen LogP contribution is -2.45. The summed E-state index contributed by atoms with van der Waals surface area (Å²) in [6.07, 6.45) is 0. The lowest BCUT2D eigenvalue weighted by atomic mass is 10.2. The summed E-state index contributed by atoms with van der Waals surface area (Å²) in [5.74, 6) is 0. The summed E-state index contributed by atoms with van der Waals surface area (Å²) in [5.41, 5.74) is 1.36. The Hall–Kier alpha value is -0.123. The van der Waals surface area contributed by atoms with Crippen LogP contribution in [0.1, 0.15) is 26.3 Å².